The molecule has 0 unspecified atom stereocenters. The molecule has 1 aromatic heterocycles. The minimum absolute atomic E-state index is 0.0984. The zero-order valence-electron chi connectivity index (χ0n) is 8.93. The summed E-state index contributed by atoms with van der Waals surface area (Å²) in [4.78, 5) is 22.2. The van der Waals surface area contributed by atoms with Crippen LogP contribution in [0.4, 0.5) is 0 Å². The van der Waals surface area contributed by atoms with Crippen molar-refractivity contribution in [3.05, 3.63) is 34.7 Å². The summed E-state index contributed by atoms with van der Waals surface area (Å²) in [5, 5.41) is 8.90. The van der Waals surface area contributed by atoms with E-state index in [1.165, 1.54) is 10.6 Å². The fourth-order valence-electron chi connectivity index (χ4n) is 1.15. The van der Waals surface area contributed by atoms with Crippen LogP contribution in [0.25, 0.3) is 0 Å². The van der Waals surface area contributed by atoms with E-state index in [1.54, 1.807) is 32.2 Å². The molecule has 4 heteroatoms. The Morgan fingerprint density at radius 2 is 2.13 bits per heavy atom. The molecular formula is C11H15NO3. The molecule has 0 aliphatic rings. The molecule has 1 aromatic rings. The normalized spacial score (nSPS) is 11.3. The highest BCUT2D eigenvalue weighted by Gasteiger charge is 2.26. The second-order valence-electron chi connectivity index (χ2n) is 4.17. The van der Waals surface area contributed by atoms with Crippen LogP contribution in [0, 0.1) is 5.41 Å². The molecule has 0 fully saturated rings. The Labute approximate surface area is 88.2 Å². The van der Waals surface area contributed by atoms with Crippen molar-refractivity contribution in [2.45, 2.75) is 26.8 Å². The van der Waals surface area contributed by atoms with Crippen molar-refractivity contribution in [2.75, 3.05) is 0 Å². The summed E-state index contributed by atoms with van der Waals surface area (Å²) >= 11 is 0. The maximum Gasteiger partial charge on any atom is 0.309 e. The molecule has 0 aliphatic heterocycles. The molecule has 0 bridgehead atoms. The SMILES string of the molecule is CC(C)(CCn1ccccc1=O)C(=O)O. The number of hydrogen-bond donors (Lipinski definition) is 1. The molecule has 0 spiro atoms. The number of carbonyl (C=O) groups is 1. The lowest BCUT2D eigenvalue weighted by Gasteiger charge is -2.19. The number of pyridine rings is 1. The second-order valence-corrected chi connectivity index (χ2v) is 4.17. The zero-order valence-corrected chi connectivity index (χ0v) is 8.93. The van der Waals surface area contributed by atoms with Gasteiger partial charge in [0.05, 0.1) is 5.41 Å². The van der Waals surface area contributed by atoms with Gasteiger partial charge in [0, 0.05) is 18.8 Å². The van der Waals surface area contributed by atoms with Gasteiger partial charge in [0.2, 0.25) is 5.56 Å². The van der Waals surface area contributed by atoms with Gasteiger partial charge in [-0.05, 0) is 26.3 Å². The van der Waals surface area contributed by atoms with Crippen molar-refractivity contribution in [3.8, 4) is 0 Å². The highest BCUT2D eigenvalue weighted by Crippen LogP contribution is 2.20. The third kappa shape index (κ3) is 2.94. The molecule has 1 N–H and O–H groups in total. The first-order valence-corrected chi connectivity index (χ1v) is 4.82. The van der Waals surface area contributed by atoms with Gasteiger partial charge in [0.15, 0.2) is 0 Å². The molecule has 1 heterocycles. The number of nitrogens with zero attached hydrogens (tertiary/aromatic N) is 1. The number of aryl methyl sites for hydroxylation is 1. The van der Waals surface area contributed by atoms with Gasteiger partial charge in [-0.1, -0.05) is 6.07 Å². The largest absolute Gasteiger partial charge is 0.481 e. The minimum Gasteiger partial charge on any atom is -0.481 e. The lowest BCUT2D eigenvalue weighted by Crippen LogP contribution is -2.28. The third-order valence-electron chi connectivity index (χ3n) is 2.46. The van der Waals surface area contributed by atoms with Crippen LogP contribution in [0.2, 0.25) is 0 Å². The molecule has 15 heavy (non-hydrogen) atoms. The van der Waals surface area contributed by atoms with Crippen molar-refractivity contribution in [2.24, 2.45) is 5.41 Å². The molecule has 1 rings (SSSR count). The Morgan fingerprint density at radius 3 is 2.67 bits per heavy atom. The number of aliphatic carboxylic acids is 1. The van der Waals surface area contributed by atoms with Crippen LogP contribution in [0.1, 0.15) is 20.3 Å². The Hall–Kier alpha value is -1.58. The van der Waals surface area contributed by atoms with E-state index in [9.17, 15) is 9.59 Å². The predicted molar refractivity (Wildman–Crippen MR) is 56.7 cm³/mol. The summed E-state index contributed by atoms with van der Waals surface area (Å²) in [6.07, 6.45) is 2.10. The number of aromatic nitrogens is 1. The molecule has 0 atom stereocenters. The van der Waals surface area contributed by atoms with E-state index in [-0.39, 0.29) is 5.56 Å². The summed E-state index contributed by atoms with van der Waals surface area (Å²) in [7, 11) is 0. The van der Waals surface area contributed by atoms with Crippen LogP contribution in [0.3, 0.4) is 0 Å². The molecule has 0 amide bonds. The lowest BCUT2D eigenvalue weighted by molar-refractivity contribution is -0.147. The Balaban J connectivity index is 2.70. The standard InChI is InChI=1S/C11H15NO3/c1-11(2,10(14)15)6-8-12-7-4-3-5-9(12)13/h3-5,7H,6,8H2,1-2H3,(H,14,15). The van der Waals surface area contributed by atoms with E-state index >= 15 is 0 Å². The monoisotopic (exact) mass is 209 g/mol. The molecule has 4 nitrogen and oxygen atoms in total. The summed E-state index contributed by atoms with van der Waals surface area (Å²) < 4.78 is 1.52. The molecule has 0 aromatic carbocycles. The molecule has 0 saturated heterocycles. The maximum atomic E-state index is 11.3. The van der Waals surface area contributed by atoms with Crippen LogP contribution >= 0.6 is 0 Å². The second kappa shape index (κ2) is 4.29. The quantitative estimate of drug-likeness (QED) is 0.814. The van der Waals surface area contributed by atoms with E-state index in [0.717, 1.165) is 0 Å². The molecule has 82 valence electrons. The topological polar surface area (TPSA) is 59.3 Å². The number of carboxylic acids is 1. The minimum atomic E-state index is -0.841. The van der Waals surface area contributed by atoms with Crippen LogP contribution in [-0.4, -0.2) is 15.6 Å². The number of carboxylic acid groups (broad SMARTS) is 1. The van der Waals surface area contributed by atoms with Crippen LogP contribution in [0.15, 0.2) is 29.2 Å². The summed E-state index contributed by atoms with van der Waals surface area (Å²) in [6, 6.07) is 4.89. The fourth-order valence-corrected chi connectivity index (χ4v) is 1.15. The van der Waals surface area contributed by atoms with Gasteiger partial charge < -0.3 is 9.67 Å². The van der Waals surface area contributed by atoms with Gasteiger partial charge in [-0.2, -0.15) is 0 Å². The lowest BCUT2D eigenvalue weighted by atomic mass is 9.89. The van der Waals surface area contributed by atoms with Crippen molar-refractivity contribution in [1.29, 1.82) is 0 Å². The van der Waals surface area contributed by atoms with Gasteiger partial charge in [-0.3, -0.25) is 9.59 Å². The first-order valence-electron chi connectivity index (χ1n) is 4.82. The van der Waals surface area contributed by atoms with Gasteiger partial charge in [-0.15, -0.1) is 0 Å². The summed E-state index contributed by atoms with van der Waals surface area (Å²) in [5.41, 5.74) is -0.895. The highest BCUT2D eigenvalue weighted by molar-refractivity contribution is 5.73. The van der Waals surface area contributed by atoms with Crippen molar-refractivity contribution in [1.82, 2.24) is 4.57 Å². The average molecular weight is 209 g/mol. The highest BCUT2D eigenvalue weighted by atomic mass is 16.4. The third-order valence-corrected chi connectivity index (χ3v) is 2.46. The van der Waals surface area contributed by atoms with E-state index in [0.29, 0.717) is 13.0 Å². The predicted octanol–water partition coefficient (Wildman–Crippen LogP) is 1.35. The van der Waals surface area contributed by atoms with Crippen molar-refractivity contribution < 1.29 is 9.90 Å². The van der Waals surface area contributed by atoms with Crippen molar-refractivity contribution in [3.63, 3.8) is 0 Å². The Bertz CT molecular complexity index is 406. The van der Waals surface area contributed by atoms with Gasteiger partial charge in [0.1, 0.15) is 0 Å². The number of hydrogen-bond acceptors (Lipinski definition) is 2. The number of rotatable bonds is 4. The first-order chi connectivity index (χ1) is 6.93. The van der Waals surface area contributed by atoms with E-state index < -0.39 is 11.4 Å². The fraction of sp³-hybridized carbons (Fsp3) is 0.455. The van der Waals surface area contributed by atoms with Crippen LogP contribution in [0.5, 0.6) is 0 Å². The summed E-state index contributed by atoms with van der Waals surface area (Å²) in [5.74, 6) is -0.841. The van der Waals surface area contributed by atoms with Crippen LogP contribution in [-0.2, 0) is 11.3 Å². The smallest absolute Gasteiger partial charge is 0.309 e. The van der Waals surface area contributed by atoms with E-state index in [1.807, 2.05) is 0 Å². The van der Waals surface area contributed by atoms with Gasteiger partial charge >= 0.3 is 5.97 Å². The molecular weight excluding hydrogens is 194 g/mol. The molecule has 0 radical (unpaired) electrons. The first kappa shape index (κ1) is 11.5. The van der Waals surface area contributed by atoms with Gasteiger partial charge in [-0.25, -0.2) is 0 Å². The van der Waals surface area contributed by atoms with Crippen LogP contribution < -0.4 is 5.56 Å². The summed E-state index contributed by atoms with van der Waals surface area (Å²) in [6.45, 7) is 3.74. The van der Waals surface area contributed by atoms with Crippen molar-refractivity contribution >= 4 is 5.97 Å². The molecule has 0 aliphatic carbocycles. The molecule has 0 saturated carbocycles. The Morgan fingerprint density at radius 1 is 1.47 bits per heavy atom. The average Bonchev–Trinajstić information content (AvgIpc) is 2.16. The van der Waals surface area contributed by atoms with E-state index in [4.69, 9.17) is 5.11 Å². The zero-order chi connectivity index (χ0) is 11.5. The van der Waals surface area contributed by atoms with E-state index in [2.05, 4.69) is 0 Å². The van der Waals surface area contributed by atoms with Gasteiger partial charge in [0.25, 0.3) is 0 Å². The maximum absolute atomic E-state index is 11.3. The Kier molecular flexibility index (Phi) is 3.29.